The number of aliphatic hydroxyl groups excluding tert-OH is 1. The number of nitrogens with zero attached hydrogens (tertiary/aromatic N) is 1. The van der Waals surface area contributed by atoms with Gasteiger partial charge in [0.25, 0.3) is 0 Å². The summed E-state index contributed by atoms with van der Waals surface area (Å²) in [6.45, 7) is 2.56. The Morgan fingerprint density at radius 1 is 1.32 bits per heavy atom. The van der Waals surface area contributed by atoms with E-state index in [-0.39, 0.29) is 31.2 Å². The van der Waals surface area contributed by atoms with Crippen molar-refractivity contribution in [2.24, 2.45) is 0 Å². The van der Waals surface area contributed by atoms with Crippen molar-refractivity contribution in [1.29, 1.82) is 0 Å². The molecule has 0 radical (unpaired) electrons. The van der Waals surface area contributed by atoms with Gasteiger partial charge in [-0.05, 0) is 25.3 Å². The monoisotopic (exact) mass is 422 g/mol. The number of hydrogen-bond acceptors (Lipinski definition) is 6. The summed E-state index contributed by atoms with van der Waals surface area (Å²) in [7, 11) is 0. The highest BCUT2D eigenvalue weighted by molar-refractivity contribution is 7.21. The van der Waals surface area contributed by atoms with Gasteiger partial charge in [-0.1, -0.05) is 41.9 Å². The summed E-state index contributed by atoms with van der Waals surface area (Å²) in [5.74, 6) is -0.766. The zero-order valence-electron chi connectivity index (χ0n) is 15.6. The highest BCUT2D eigenvalue weighted by atomic mass is 35.5. The standard InChI is InChI=1S/C20H23ClN2O4S/c1-2-27-20(26)17-16(13-6-4-3-5-7-13)18(21)28-19(17)22-15(25)12-23(10-11-24)14-8-9-14/h3-7,14,24H,2,8-12H2,1H3,(H,22,25). The summed E-state index contributed by atoms with van der Waals surface area (Å²) >= 11 is 7.59. The third-order valence-electron chi connectivity index (χ3n) is 4.46. The van der Waals surface area contributed by atoms with Crippen LogP contribution in [0.3, 0.4) is 0 Å². The molecule has 0 saturated heterocycles. The minimum atomic E-state index is -0.519. The Bertz CT molecular complexity index is 836. The molecule has 0 spiro atoms. The lowest BCUT2D eigenvalue weighted by atomic mass is 10.0. The van der Waals surface area contributed by atoms with Crippen LogP contribution in [0.4, 0.5) is 5.00 Å². The van der Waals surface area contributed by atoms with Crippen LogP contribution in [0.15, 0.2) is 30.3 Å². The summed E-state index contributed by atoms with van der Waals surface area (Å²) in [5.41, 5.74) is 1.62. The Balaban J connectivity index is 1.87. The summed E-state index contributed by atoms with van der Waals surface area (Å²) in [6.07, 6.45) is 2.06. The molecule has 1 aromatic heterocycles. The molecule has 0 unspecified atom stereocenters. The number of ether oxygens (including phenoxy) is 1. The Hall–Kier alpha value is -1.93. The summed E-state index contributed by atoms with van der Waals surface area (Å²) in [6, 6.07) is 9.66. The van der Waals surface area contributed by atoms with Gasteiger partial charge < -0.3 is 15.2 Å². The number of rotatable bonds is 9. The molecular weight excluding hydrogens is 400 g/mol. The summed E-state index contributed by atoms with van der Waals surface area (Å²) in [4.78, 5) is 27.2. The van der Waals surface area contributed by atoms with E-state index < -0.39 is 5.97 Å². The maximum atomic E-state index is 12.6. The lowest BCUT2D eigenvalue weighted by molar-refractivity contribution is -0.117. The van der Waals surface area contributed by atoms with Crippen molar-refractivity contribution >= 4 is 39.8 Å². The molecule has 0 atom stereocenters. The minimum Gasteiger partial charge on any atom is -0.462 e. The Kier molecular flexibility index (Phi) is 7.07. The van der Waals surface area contributed by atoms with Gasteiger partial charge in [-0.3, -0.25) is 9.69 Å². The number of benzene rings is 1. The van der Waals surface area contributed by atoms with Crippen LogP contribution < -0.4 is 5.32 Å². The van der Waals surface area contributed by atoms with E-state index in [9.17, 15) is 14.7 Å². The number of anilines is 1. The third-order valence-corrected chi connectivity index (χ3v) is 5.77. The van der Waals surface area contributed by atoms with Crippen molar-refractivity contribution in [3.63, 3.8) is 0 Å². The van der Waals surface area contributed by atoms with Crippen molar-refractivity contribution in [3.8, 4) is 11.1 Å². The molecule has 1 aliphatic carbocycles. The second kappa shape index (κ2) is 9.52. The molecule has 8 heteroatoms. The first-order chi connectivity index (χ1) is 13.5. The van der Waals surface area contributed by atoms with Gasteiger partial charge in [-0.2, -0.15) is 0 Å². The van der Waals surface area contributed by atoms with Gasteiger partial charge in [0.1, 0.15) is 14.9 Å². The molecule has 1 aromatic carbocycles. The predicted molar refractivity (Wildman–Crippen MR) is 111 cm³/mol. The fourth-order valence-corrected chi connectivity index (χ4v) is 4.45. The molecule has 1 saturated carbocycles. The maximum Gasteiger partial charge on any atom is 0.341 e. The molecule has 2 aromatic rings. The number of esters is 1. The van der Waals surface area contributed by atoms with Crippen LogP contribution in [0.5, 0.6) is 0 Å². The average molecular weight is 423 g/mol. The molecule has 2 N–H and O–H groups in total. The first-order valence-electron chi connectivity index (χ1n) is 9.24. The van der Waals surface area contributed by atoms with Crippen LogP contribution in [-0.4, -0.2) is 54.2 Å². The van der Waals surface area contributed by atoms with E-state index in [1.807, 2.05) is 35.2 Å². The van der Waals surface area contributed by atoms with Gasteiger partial charge in [0, 0.05) is 18.2 Å². The largest absolute Gasteiger partial charge is 0.462 e. The molecule has 1 fully saturated rings. The zero-order chi connectivity index (χ0) is 20.1. The van der Waals surface area contributed by atoms with Crippen LogP contribution in [0.25, 0.3) is 11.1 Å². The van der Waals surface area contributed by atoms with Gasteiger partial charge in [0.05, 0.1) is 19.8 Å². The van der Waals surface area contributed by atoms with Crippen molar-refractivity contribution in [2.45, 2.75) is 25.8 Å². The molecular formula is C20H23ClN2O4S. The second-order valence-electron chi connectivity index (χ2n) is 6.51. The lowest BCUT2D eigenvalue weighted by Gasteiger charge is -2.20. The Morgan fingerprint density at radius 2 is 2.04 bits per heavy atom. The molecule has 3 rings (SSSR count). The number of nitrogens with one attached hydrogen (secondary N) is 1. The number of aliphatic hydroxyl groups is 1. The molecule has 0 bridgehead atoms. The SMILES string of the molecule is CCOC(=O)c1c(NC(=O)CN(CCO)C2CC2)sc(Cl)c1-c1ccccc1. The van der Waals surface area contributed by atoms with E-state index in [0.717, 1.165) is 29.7 Å². The third kappa shape index (κ3) is 4.91. The van der Waals surface area contributed by atoms with E-state index in [4.69, 9.17) is 16.3 Å². The van der Waals surface area contributed by atoms with E-state index in [1.54, 1.807) is 6.92 Å². The number of carbonyl (C=O) groups excluding carboxylic acids is 2. The van der Waals surface area contributed by atoms with Crippen LogP contribution >= 0.6 is 22.9 Å². The molecule has 0 aliphatic heterocycles. The fourth-order valence-electron chi connectivity index (χ4n) is 3.06. The molecule has 1 heterocycles. The highest BCUT2D eigenvalue weighted by Crippen LogP contribution is 2.44. The number of carbonyl (C=O) groups is 2. The normalized spacial score (nSPS) is 13.6. The van der Waals surface area contributed by atoms with Crippen molar-refractivity contribution in [3.05, 3.63) is 40.2 Å². The quantitative estimate of drug-likeness (QED) is 0.603. The molecule has 28 heavy (non-hydrogen) atoms. The minimum absolute atomic E-state index is 0.000835. The highest BCUT2D eigenvalue weighted by Gasteiger charge is 2.31. The number of amides is 1. The molecule has 1 amide bonds. The van der Waals surface area contributed by atoms with Gasteiger partial charge in [-0.15, -0.1) is 11.3 Å². The molecule has 6 nitrogen and oxygen atoms in total. The summed E-state index contributed by atoms with van der Waals surface area (Å²) in [5, 5.41) is 12.4. The van der Waals surface area contributed by atoms with Crippen LogP contribution in [-0.2, 0) is 9.53 Å². The van der Waals surface area contributed by atoms with Crippen molar-refractivity contribution < 1.29 is 19.4 Å². The topological polar surface area (TPSA) is 78.9 Å². The average Bonchev–Trinajstić information content (AvgIpc) is 3.46. The van der Waals surface area contributed by atoms with Gasteiger partial charge in [0.2, 0.25) is 5.91 Å². The Morgan fingerprint density at radius 3 is 2.64 bits per heavy atom. The molecule has 150 valence electrons. The van der Waals surface area contributed by atoms with Gasteiger partial charge >= 0.3 is 5.97 Å². The number of hydrogen-bond donors (Lipinski definition) is 2. The van der Waals surface area contributed by atoms with Crippen molar-refractivity contribution in [2.75, 3.05) is 31.6 Å². The first kappa shape index (κ1) is 20.8. The maximum absolute atomic E-state index is 12.6. The second-order valence-corrected chi connectivity index (χ2v) is 8.14. The van der Waals surface area contributed by atoms with Gasteiger partial charge in [-0.25, -0.2) is 4.79 Å². The number of halogens is 1. The van der Waals surface area contributed by atoms with E-state index in [0.29, 0.717) is 27.5 Å². The molecule has 1 aliphatic rings. The zero-order valence-corrected chi connectivity index (χ0v) is 17.2. The van der Waals surface area contributed by atoms with Gasteiger partial charge in [0.15, 0.2) is 0 Å². The van der Waals surface area contributed by atoms with E-state index >= 15 is 0 Å². The van der Waals surface area contributed by atoms with Crippen LogP contribution in [0.2, 0.25) is 4.34 Å². The first-order valence-corrected chi connectivity index (χ1v) is 10.4. The fraction of sp³-hybridized carbons (Fsp3) is 0.400. The van der Waals surface area contributed by atoms with Crippen LogP contribution in [0.1, 0.15) is 30.1 Å². The number of thiophene rings is 1. The van der Waals surface area contributed by atoms with Crippen molar-refractivity contribution in [1.82, 2.24) is 4.90 Å². The van der Waals surface area contributed by atoms with Crippen LogP contribution in [0, 0.1) is 0 Å². The lowest BCUT2D eigenvalue weighted by Crippen LogP contribution is -2.36. The predicted octanol–water partition coefficient (Wildman–Crippen LogP) is 3.64. The smallest absolute Gasteiger partial charge is 0.341 e. The summed E-state index contributed by atoms with van der Waals surface area (Å²) < 4.78 is 5.62. The van der Waals surface area contributed by atoms with E-state index in [2.05, 4.69) is 5.32 Å². The Labute approximate surface area is 173 Å². The van der Waals surface area contributed by atoms with E-state index in [1.165, 1.54) is 0 Å².